The highest BCUT2D eigenvalue weighted by atomic mass is 32.2. The van der Waals surface area contributed by atoms with E-state index in [0.717, 1.165) is 22.1 Å². The SMILES string of the molecule is CSc1ccc([C@H]2c3c(oc4ccc(F)cc4c3=O)C(=O)N2Cc2ccc3c(c2)OCO3)cc1. The van der Waals surface area contributed by atoms with Gasteiger partial charge in [-0.1, -0.05) is 18.2 Å². The van der Waals surface area contributed by atoms with Gasteiger partial charge in [0.15, 0.2) is 16.9 Å². The van der Waals surface area contributed by atoms with Crippen LogP contribution in [0.5, 0.6) is 11.5 Å². The molecule has 1 atom stereocenters. The number of ether oxygens (including phenoxy) is 2. The summed E-state index contributed by atoms with van der Waals surface area (Å²) < 4.78 is 30.7. The van der Waals surface area contributed by atoms with Gasteiger partial charge in [0, 0.05) is 11.4 Å². The Morgan fingerprint density at radius 1 is 1.00 bits per heavy atom. The number of fused-ring (bicyclic) bond motifs is 3. The Labute approximate surface area is 197 Å². The first-order chi connectivity index (χ1) is 16.5. The van der Waals surface area contributed by atoms with Gasteiger partial charge in [-0.25, -0.2) is 4.39 Å². The van der Waals surface area contributed by atoms with Crippen molar-refractivity contribution >= 4 is 28.6 Å². The van der Waals surface area contributed by atoms with Gasteiger partial charge in [-0.15, -0.1) is 11.8 Å². The Hall–Kier alpha value is -3.78. The predicted octanol–water partition coefficient (Wildman–Crippen LogP) is 5.13. The molecule has 0 fully saturated rings. The zero-order valence-electron chi connectivity index (χ0n) is 18.0. The second-order valence-electron chi connectivity index (χ2n) is 8.11. The molecule has 0 spiro atoms. The van der Waals surface area contributed by atoms with E-state index in [0.29, 0.717) is 11.5 Å². The average molecular weight is 475 g/mol. The molecule has 0 saturated heterocycles. The molecule has 0 saturated carbocycles. The van der Waals surface area contributed by atoms with Crippen molar-refractivity contribution in [3.05, 3.63) is 99.2 Å². The summed E-state index contributed by atoms with van der Waals surface area (Å²) in [5.41, 5.74) is 1.59. The number of thioether (sulfide) groups is 1. The lowest BCUT2D eigenvalue weighted by molar-refractivity contribution is 0.0714. The van der Waals surface area contributed by atoms with Crippen molar-refractivity contribution in [2.24, 2.45) is 0 Å². The minimum absolute atomic E-state index is 0.0104. The lowest BCUT2D eigenvalue weighted by Gasteiger charge is -2.25. The number of amides is 1. The molecular formula is C26H18FNO5S. The highest BCUT2D eigenvalue weighted by Crippen LogP contribution is 2.40. The quantitative estimate of drug-likeness (QED) is 0.381. The van der Waals surface area contributed by atoms with Crippen LogP contribution in [0.3, 0.4) is 0 Å². The summed E-state index contributed by atoms with van der Waals surface area (Å²) >= 11 is 1.60. The van der Waals surface area contributed by atoms with E-state index in [4.69, 9.17) is 13.9 Å². The van der Waals surface area contributed by atoms with Crippen molar-refractivity contribution < 1.29 is 23.1 Å². The van der Waals surface area contributed by atoms with Gasteiger partial charge in [-0.3, -0.25) is 9.59 Å². The molecule has 0 N–H and O–H groups in total. The molecule has 8 heteroatoms. The second-order valence-corrected chi connectivity index (χ2v) is 8.99. The van der Waals surface area contributed by atoms with Crippen LogP contribution in [0.1, 0.15) is 33.3 Å². The third-order valence-electron chi connectivity index (χ3n) is 6.15. The lowest BCUT2D eigenvalue weighted by Crippen LogP contribution is -2.29. The summed E-state index contributed by atoms with van der Waals surface area (Å²) in [6, 6.07) is 16.3. The molecule has 1 aromatic heterocycles. The van der Waals surface area contributed by atoms with Crippen molar-refractivity contribution in [2.45, 2.75) is 17.5 Å². The van der Waals surface area contributed by atoms with Gasteiger partial charge in [0.25, 0.3) is 5.91 Å². The van der Waals surface area contributed by atoms with Crippen LogP contribution < -0.4 is 14.9 Å². The summed E-state index contributed by atoms with van der Waals surface area (Å²) in [5.74, 6) is 0.313. The van der Waals surface area contributed by atoms with Gasteiger partial charge < -0.3 is 18.8 Å². The molecule has 0 unspecified atom stereocenters. The van der Waals surface area contributed by atoms with Crippen LogP contribution in [-0.4, -0.2) is 23.9 Å². The second kappa shape index (κ2) is 7.92. The first-order valence-electron chi connectivity index (χ1n) is 10.6. The van der Waals surface area contributed by atoms with E-state index in [1.165, 1.54) is 12.1 Å². The monoisotopic (exact) mass is 475 g/mol. The number of rotatable bonds is 4. The van der Waals surface area contributed by atoms with E-state index in [1.807, 2.05) is 42.7 Å². The molecular weight excluding hydrogens is 457 g/mol. The van der Waals surface area contributed by atoms with Crippen molar-refractivity contribution in [1.29, 1.82) is 0 Å². The number of carbonyl (C=O) groups is 1. The zero-order chi connectivity index (χ0) is 23.4. The number of benzene rings is 3. The van der Waals surface area contributed by atoms with Crippen molar-refractivity contribution in [3.8, 4) is 11.5 Å². The fraction of sp³-hybridized carbons (Fsp3) is 0.154. The third-order valence-corrected chi connectivity index (χ3v) is 6.89. The molecule has 2 aliphatic heterocycles. The molecule has 0 radical (unpaired) electrons. The van der Waals surface area contributed by atoms with Crippen LogP contribution in [0.2, 0.25) is 0 Å². The minimum Gasteiger partial charge on any atom is -0.454 e. The van der Waals surface area contributed by atoms with Crippen molar-refractivity contribution in [2.75, 3.05) is 13.0 Å². The first-order valence-corrected chi connectivity index (χ1v) is 11.9. The van der Waals surface area contributed by atoms with Gasteiger partial charge in [0.2, 0.25) is 12.6 Å². The Balaban J connectivity index is 1.51. The summed E-state index contributed by atoms with van der Waals surface area (Å²) in [5, 5.41) is 0.113. The van der Waals surface area contributed by atoms with Crippen molar-refractivity contribution in [1.82, 2.24) is 4.90 Å². The zero-order valence-corrected chi connectivity index (χ0v) is 18.9. The maximum absolute atomic E-state index is 13.9. The van der Waals surface area contributed by atoms with Gasteiger partial charge in [-0.05, 0) is 59.8 Å². The van der Waals surface area contributed by atoms with Crippen LogP contribution in [0.15, 0.2) is 74.8 Å². The highest BCUT2D eigenvalue weighted by molar-refractivity contribution is 7.98. The van der Waals surface area contributed by atoms with Crippen LogP contribution in [-0.2, 0) is 6.54 Å². The van der Waals surface area contributed by atoms with Crippen LogP contribution >= 0.6 is 11.8 Å². The molecule has 6 nitrogen and oxygen atoms in total. The predicted molar refractivity (Wildman–Crippen MR) is 125 cm³/mol. The molecule has 3 aromatic carbocycles. The molecule has 1 amide bonds. The number of hydrogen-bond donors (Lipinski definition) is 0. The summed E-state index contributed by atoms with van der Waals surface area (Å²) in [6.45, 7) is 0.373. The normalized spacial score (nSPS) is 16.4. The summed E-state index contributed by atoms with van der Waals surface area (Å²) in [7, 11) is 0. The van der Waals surface area contributed by atoms with Crippen LogP contribution in [0, 0.1) is 5.82 Å². The van der Waals surface area contributed by atoms with E-state index in [2.05, 4.69) is 0 Å². The van der Waals surface area contributed by atoms with Crippen molar-refractivity contribution in [3.63, 3.8) is 0 Å². The van der Waals surface area contributed by atoms with E-state index in [9.17, 15) is 14.0 Å². The number of hydrogen-bond acceptors (Lipinski definition) is 6. The molecule has 0 aliphatic carbocycles. The van der Waals surface area contributed by atoms with Crippen LogP contribution in [0.25, 0.3) is 11.0 Å². The molecule has 2 aliphatic rings. The van der Waals surface area contributed by atoms with E-state index >= 15 is 0 Å². The number of carbonyl (C=O) groups excluding carboxylic acids is 1. The van der Waals surface area contributed by atoms with Gasteiger partial charge in [0.05, 0.1) is 17.0 Å². The Morgan fingerprint density at radius 3 is 2.59 bits per heavy atom. The fourth-order valence-corrected chi connectivity index (χ4v) is 4.93. The highest BCUT2D eigenvalue weighted by Gasteiger charge is 2.42. The molecule has 4 aromatic rings. The van der Waals surface area contributed by atoms with E-state index in [-0.39, 0.29) is 35.6 Å². The fourth-order valence-electron chi connectivity index (χ4n) is 4.52. The number of nitrogens with zero attached hydrogens (tertiary/aromatic N) is 1. The maximum Gasteiger partial charge on any atom is 0.291 e. The topological polar surface area (TPSA) is 69.0 Å². The summed E-state index contributed by atoms with van der Waals surface area (Å²) in [4.78, 5) is 29.8. The van der Waals surface area contributed by atoms with Gasteiger partial charge >= 0.3 is 0 Å². The largest absolute Gasteiger partial charge is 0.454 e. The molecule has 0 bridgehead atoms. The lowest BCUT2D eigenvalue weighted by atomic mass is 9.98. The first kappa shape index (κ1) is 20.8. The Kier molecular flexibility index (Phi) is 4.84. The maximum atomic E-state index is 13.9. The standard InChI is InChI=1S/C26H18FNO5S/c1-34-17-6-3-15(4-7-17)23-22-24(29)18-11-16(27)5-9-19(18)33-25(22)26(30)28(23)12-14-2-8-20-21(10-14)32-13-31-20/h2-11,23H,12-13H2,1H3/t23-/m0/s1. The number of halogens is 1. The van der Waals surface area contributed by atoms with Gasteiger partial charge in [-0.2, -0.15) is 0 Å². The Bertz CT molecular complexity index is 1510. The third kappa shape index (κ3) is 3.25. The smallest absolute Gasteiger partial charge is 0.291 e. The van der Waals surface area contributed by atoms with Crippen LogP contribution in [0.4, 0.5) is 4.39 Å². The summed E-state index contributed by atoms with van der Waals surface area (Å²) in [6.07, 6.45) is 1.98. The average Bonchev–Trinajstić information content (AvgIpc) is 3.43. The molecule has 6 rings (SSSR count). The molecule has 3 heterocycles. The van der Waals surface area contributed by atoms with E-state index in [1.54, 1.807) is 22.7 Å². The molecule has 170 valence electrons. The Morgan fingerprint density at radius 2 is 1.79 bits per heavy atom. The van der Waals surface area contributed by atoms with E-state index < -0.39 is 23.2 Å². The minimum atomic E-state index is -0.673. The van der Waals surface area contributed by atoms with Gasteiger partial charge in [0.1, 0.15) is 11.4 Å². The molecule has 34 heavy (non-hydrogen) atoms.